The fraction of sp³-hybridized carbons (Fsp3) is 0.323. The molecule has 3 aromatic carbocycles. The Bertz CT molecular complexity index is 1440. The summed E-state index contributed by atoms with van der Waals surface area (Å²) < 4.78 is 28.0. The van der Waals surface area contributed by atoms with E-state index in [0.29, 0.717) is 24.2 Å². The van der Waals surface area contributed by atoms with Gasteiger partial charge in [0.05, 0.1) is 5.75 Å². The van der Waals surface area contributed by atoms with Crippen LogP contribution < -0.4 is 21.1 Å². The van der Waals surface area contributed by atoms with Gasteiger partial charge in [-0.25, -0.2) is 13.1 Å². The van der Waals surface area contributed by atoms with E-state index in [1.807, 2.05) is 60.9 Å². The fourth-order valence-electron chi connectivity index (χ4n) is 4.32. The van der Waals surface area contributed by atoms with E-state index in [1.54, 1.807) is 43.0 Å². The van der Waals surface area contributed by atoms with Gasteiger partial charge in [-0.15, -0.1) is 0 Å². The van der Waals surface area contributed by atoms with Gasteiger partial charge in [0.25, 0.3) is 0 Å². The molecule has 0 aliphatic carbocycles. The van der Waals surface area contributed by atoms with Crippen LogP contribution in [-0.2, 0) is 32.6 Å². The number of carbonyl (C=O) groups excluding carboxylic acids is 2. The molecule has 0 aromatic heterocycles. The summed E-state index contributed by atoms with van der Waals surface area (Å²) in [5, 5.41) is 13.2. The van der Waals surface area contributed by atoms with Gasteiger partial charge in [0, 0.05) is 13.5 Å². The van der Waals surface area contributed by atoms with Gasteiger partial charge in [0.1, 0.15) is 17.9 Å². The van der Waals surface area contributed by atoms with Crippen molar-refractivity contribution in [3.63, 3.8) is 0 Å². The molecule has 0 saturated heterocycles. The van der Waals surface area contributed by atoms with E-state index in [4.69, 9.17) is 11.1 Å². The van der Waals surface area contributed by atoms with E-state index in [1.165, 1.54) is 0 Å². The Morgan fingerprint density at radius 3 is 2.12 bits per heavy atom. The van der Waals surface area contributed by atoms with Crippen molar-refractivity contribution in [1.29, 1.82) is 5.41 Å². The first-order valence-corrected chi connectivity index (χ1v) is 16.8. The fourth-order valence-corrected chi connectivity index (χ4v) is 6.07. The van der Waals surface area contributed by atoms with E-state index in [-0.39, 0.29) is 31.9 Å². The van der Waals surface area contributed by atoms with Crippen molar-refractivity contribution < 1.29 is 19.4 Å². The quantitative estimate of drug-likeness (QED) is 0.123. The molecule has 6 N–H and O–H groups in total. The van der Waals surface area contributed by atoms with E-state index >= 15 is 0 Å². The van der Waals surface area contributed by atoms with Crippen LogP contribution in [0.15, 0.2) is 78.9 Å². The number of amidine groups is 1. The van der Waals surface area contributed by atoms with Crippen LogP contribution in [-0.4, -0.2) is 55.9 Å². The van der Waals surface area contributed by atoms with Gasteiger partial charge in [0.15, 0.2) is 0 Å². The minimum atomic E-state index is -3.72. The lowest BCUT2D eigenvalue weighted by molar-refractivity contribution is -0.129. The Labute approximate surface area is 254 Å². The number of amides is 2. The van der Waals surface area contributed by atoms with Crippen molar-refractivity contribution in [3.8, 4) is 11.1 Å². The largest absolute Gasteiger partial charge is 0.384 e. The summed E-state index contributed by atoms with van der Waals surface area (Å²) in [6.07, 6.45) is 2.82. The molecule has 3 aromatic rings. The normalized spacial score (nSPS) is 12.7. The first-order chi connectivity index (χ1) is 20.1. The highest BCUT2D eigenvalue weighted by molar-refractivity contribution is 7.98. The Morgan fingerprint density at radius 2 is 1.52 bits per heavy atom. The lowest BCUT2D eigenvalue weighted by Crippen LogP contribution is -2.54. The molecule has 3 rings (SSSR count). The smallest absolute Gasteiger partial charge is 0.242 e. The minimum Gasteiger partial charge on any atom is -0.384 e. The van der Waals surface area contributed by atoms with Gasteiger partial charge in [-0.3, -0.25) is 15.0 Å². The number of nitrogens with two attached hydrogens (primary N) is 1. The van der Waals surface area contributed by atoms with Crippen LogP contribution in [0.1, 0.15) is 37.9 Å². The summed E-state index contributed by atoms with van der Waals surface area (Å²) in [7, 11) is -3.72. The van der Waals surface area contributed by atoms with Crippen molar-refractivity contribution in [3.05, 3.63) is 95.6 Å². The Kier molecular flexibility index (Phi) is 12.6. The van der Waals surface area contributed by atoms with Crippen molar-refractivity contribution in [2.45, 2.75) is 44.8 Å². The third kappa shape index (κ3) is 10.3. The van der Waals surface area contributed by atoms with Crippen LogP contribution in [0.5, 0.6) is 0 Å². The van der Waals surface area contributed by atoms with Crippen LogP contribution in [0.4, 0.5) is 0 Å². The zero-order valence-electron chi connectivity index (χ0n) is 23.9. The number of nitrogen functional groups attached to an aromatic ring is 1. The molecule has 0 saturated carbocycles. The zero-order valence-corrected chi connectivity index (χ0v) is 25.6. The van der Waals surface area contributed by atoms with E-state index in [0.717, 1.165) is 22.3 Å². The predicted molar refractivity (Wildman–Crippen MR) is 173 cm³/mol. The van der Waals surface area contributed by atoms with Crippen molar-refractivity contribution in [2.75, 3.05) is 17.8 Å². The summed E-state index contributed by atoms with van der Waals surface area (Å²) in [6.45, 7) is 1.98. The van der Waals surface area contributed by atoms with Crippen LogP contribution in [0, 0.1) is 5.41 Å². The van der Waals surface area contributed by atoms with Gasteiger partial charge >= 0.3 is 0 Å². The number of benzene rings is 3. The molecule has 11 heteroatoms. The molecule has 42 heavy (non-hydrogen) atoms. The maximum absolute atomic E-state index is 13.5. The van der Waals surface area contributed by atoms with Crippen LogP contribution in [0.25, 0.3) is 11.1 Å². The molecule has 226 valence electrons. The third-order valence-corrected chi connectivity index (χ3v) is 8.82. The van der Waals surface area contributed by atoms with Crippen molar-refractivity contribution >= 4 is 39.4 Å². The van der Waals surface area contributed by atoms with Crippen LogP contribution >= 0.6 is 11.8 Å². The first kappa shape index (κ1) is 32.8. The molecule has 0 spiro atoms. The summed E-state index contributed by atoms with van der Waals surface area (Å²) in [6, 6.07) is 22.5. The third-order valence-electron chi connectivity index (χ3n) is 6.59. The van der Waals surface area contributed by atoms with E-state index < -0.39 is 28.0 Å². The SMILES string of the molecule is CCCS(=O)(=O)N[C@H](Cc1ccc(-c2ccccc2)cc1)C(=O)N[C@@H](CCSC)C(=O)NCc1ccc(C(=N)N)cc1.[HH]. The molecule has 0 aliphatic rings. The van der Waals surface area contributed by atoms with Gasteiger partial charge in [-0.05, 0) is 53.5 Å². The molecule has 2 atom stereocenters. The minimum absolute atomic E-state index is 0. The average Bonchev–Trinajstić information content (AvgIpc) is 2.98. The summed E-state index contributed by atoms with van der Waals surface area (Å²) in [5.74, 6) is -0.451. The molecule has 0 unspecified atom stereocenters. The summed E-state index contributed by atoms with van der Waals surface area (Å²) in [4.78, 5) is 26.7. The Morgan fingerprint density at radius 1 is 0.905 bits per heavy atom. The second-order valence-corrected chi connectivity index (χ2v) is 12.8. The van der Waals surface area contributed by atoms with Crippen LogP contribution in [0.3, 0.4) is 0 Å². The van der Waals surface area contributed by atoms with Crippen molar-refractivity contribution in [1.82, 2.24) is 15.4 Å². The second-order valence-electron chi connectivity index (χ2n) is 9.93. The van der Waals surface area contributed by atoms with Gasteiger partial charge in [-0.2, -0.15) is 11.8 Å². The summed E-state index contributed by atoms with van der Waals surface area (Å²) in [5.41, 5.74) is 9.75. The second kappa shape index (κ2) is 16.1. The van der Waals surface area contributed by atoms with Crippen molar-refractivity contribution in [2.24, 2.45) is 5.73 Å². The van der Waals surface area contributed by atoms with Crippen LogP contribution in [0.2, 0.25) is 0 Å². The number of thioether (sulfide) groups is 1. The average molecular weight is 612 g/mol. The molecule has 0 aliphatic heterocycles. The molecule has 2 amide bonds. The van der Waals surface area contributed by atoms with Gasteiger partial charge in [-0.1, -0.05) is 85.8 Å². The summed E-state index contributed by atoms with van der Waals surface area (Å²) >= 11 is 1.55. The number of nitrogens with one attached hydrogen (secondary N) is 4. The van der Waals surface area contributed by atoms with Gasteiger partial charge in [0.2, 0.25) is 21.8 Å². The lowest BCUT2D eigenvalue weighted by Gasteiger charge is -2.23. The van der Waals surface area contributed by atoms with E-state index in [9.17, 15) is 18.0 Å². The predicted octanol–water partition coefficient (Wildman–Crippen LogP) is 3.68. The molecule has 9 nitrogen and oxygen atoms in total. The topological polar surface area (TPSA) is 154 Å². The molecule has 0 radical (unpaired) electrons. The highest BCUT2D eigenvalue weighted by Crippen LogP contribution is 2.20. The lowest BCUT2D eigenvalue weighted by atomic mass is 10.0. The number of hydrogen-bond donors (Lipinski definition) is 5. The maximum Gasteiger partial charge on any atom is 0.242 e. The monoisotopic (exact) mass is 611 g/mol. The first-order valence-electron chi connectivity index (χ1n) is 13.8. The Hall–Kier alpha value is -3.67. The van der Waals surface area contributed by atoms with Gasteiger partial charge < -0.3 is 16.4 Å². The molecule has 0 bridgehead atoms. The molecule has 0 fully saturated rings. The highest BCUT2D eigenvalue weighted by atomic mass is 32.2. The highest BCUT2D eigenvalue weighted by Gasteiger charge is 2.28. The zero-order chi connectivity index (χ0) is 30.5. The molecular formula is C31H41N5O4S2. The maximum atomic E-state index is 13.5. The molecule has 0 heterocycles. The number of carbonyl (C=O) groups is 2. The number of rotatable bonds is 16. The Balaban J connectivity index is 0.00000645. The molecular weight excluding hydrogens is 571 g/mol. The number of hydrogen-bond acceptors (Lipinski definition) is 6. The number of sulfonamides is 1. The van der Waals surface area contributed by atoms with E-state index in [2.05, 4.69) is 15.4 Å². The standard InChI is InChI=1S/C31H39N5O4S2.H2/c1-3-19-42(39,40)36-28(20-22-9-13-25(14-10-22)24-7-5-4-6-8-24)31(38)35-27(17-18-41-2)30(37)34-21-23-11-15-26(16-12-23)29(32)33;/h4-16,27-28,36H,3,17-21H2,1-2H3,(H3,32,33)(H,34,37)(H,35,38);1H/t27-,28+;/m0./s1.